The Labute approximate surface area is 147 Å². The first-order valence-electron chi connectivity index (χ1n) is 8.46. The molecule has 0 aliphatic carbocycles. The van der Waals surface area contributed by atoms with Crippen molar-refractivity contribution < 1.29 is 9.53 Å². The lowest BCUT2D eigenvalue weighted by molar-refractivity contribution is 0.0275. The average Bonchev–Trinajstić information content (AvgIpc) is 2.99. The standard InChI is InChI=1S/C22H19NO2/c24-22-19-14-8-7-13-18(19)21(25-22)23-20(17-11-5-2-6-12-17)15-16-9-3-1-4-10-16/h1-14,20-21,23H,15H2. The van der Waals surface area contributed by atoms with Crippen molar-refractivity contribution in [3.63, 3.8) is 0 Å². The van der Waals surface area contributed by atoms with Crippen LogP contribution < -0.4 is 5.32 Å². The fraction of sp³-hybridized carbons (Fsp3) is 0.136. The Morgan fingerprint density at radius 2 is 1.48 bits per heavy atom. The summed E-state index contributed by atoms with van der Waals surface area (Å²) in [5, 5.41) is 3.52. The SMILES string of the molecule is O=C1OC(NC(Cc2ccccc2)c2ccccc2)c2ccccc21. The summed E-state index contributed by atoms with van der Waals surface area (Å²) in [7, 11) is 0. The largest absolute Gasteiger partial charge is 0.439 e. The number of esters is 1. The molecule has 0 amide bonds. The fourth-order valence-electron chi connectivity index (χ4n) is 3.26. The van der Waals surface area contributed by atoms with Crippen LogP contribution in [-0.4, -0.2) is 5.97 Å². The summed E-state index contributed by atoms with van der Waals surface area (Å²) in [6.07, 6.45) is 0.402. The third-order valence-corrected chi connectivity index (χ3v) is 4.53. The van der Waals surface area contributed by atoms with Crippen LogP contribution >= 0.6 is 0 Å². The molecular formula is C22H19NO2. The molecule has 2 unspecified atom stereocenters. The van der Waals surface area contributed by atoms with Gasteiger partial charge in [-0.25, -0.2) is 4.79 Å². The normalized spacial score (nSPS) is 17.0. The van der Waals surface area contributed by atoms with Crippen LogP contribution in [0.5, 0.6) is 0 Å². The second-order valence-electron chi connectivity index (χ2n) is 6.19. The van der Waals surface area contributed by atoms with Gasteiger partial charge in [-0.3, -0.25) is 5.32 Å². The maximum atomic E-state index is 12.1. The Morgan fingerprint density at radius 1 is 0.840 bits per heavy atom. The lowest BCUT2D eigenvalue weighted by Crippen LogP contribution is -2.28. The van der Waals surface area contributed by atoms with Gasteiger partial charge in [-0.1, -0.05) is 78.9 Å². The molecule has 1 aliphatic rings. The zero-order chi connectivity index (χ0) is 17.1. The van der Waals surface area contributed by atoms with Crippen molar-refractivity contribution in [2.24, 2.45) is 0 Å². The van der Waals surface area contributed by atoms with Gasteiger partial charge in [0, 0.05) is 11.6 Å². The van der Waals surface area contributed by atoms with Crippen LogP contribution in [0.25, 0.3) is 0 Å². The van der Waals surface area contributed by atoms with Crippen LogP contribution in [0.4, 0.5) is 0 Å². The van der Waals surface area contributed by atoms with Gasteiger partial charge in [-0.05, 0) is 23.6 Å². The topological polar surface area (TPSA) is 38.3 Å². The second-order valence-corrected chi connectivity index (χ2v) is 6.19. The van der Waals surface area contributed by atoms with E-state index in [0.29, 0.717) is 5.56 Å². The maximum absolute atomic E-state index is 12.1. The molecule has 1 N–H and O–H groups in total. The summed E-state index contributed by atoms with van der Waals surface area (Å²) in [4.78, 5) is 12.1. The number of hydrogen-bond donors (Lipinski definition) is 1. The van der Waals surface area contributed by atoms with Gasteiger partial charge in [0.25, 0.3) is 0 Å². The van der Waals surface area contributed by atoms with E-state index < -0.39 is 6.23 Å². The van der Waals surface area contributed by atoms with Crippen molar-refractivity contribution >= 4 is 5.97 Å². The van der Waals surface area contributed by atoms with Crippen LogP contribution in [0.2, 0.25) is 0 Å². The summed E-state index contributed by atoms with van der Waals surface area (Å²) >= 11 is 0. The van der Waals surface area contributed by atoms with Crippen molar-refractivity contribution in [1.82, 2.24) is 5.32 Å². The number of rotatable bonds is 5. The van der Waals surface area contributed by atoms with E-state index in [1.165, 1.54) is 11.1 Å². The predicted molar refractivity (Wildman–Crippen MR) is 97.1 cm³/mol. The molecule has 2 atom stereocenters. The van der Waals surface area contributed by atoms with Crippen molar-refractivity contribution in [2.45, 2.75) is 18.7 Å². The van der Waals surface area contributed by atoms with Crippen LogP contribution in [-0.2, 0) is 11.2 Å². The molecule has 3 heteroatoms. The number of nitrogens with one attached hydrogen (secondary N) is 1. The molecule has 0 spiro atoms. The van der Waals surface area contributed by atoms with Crippen molar-refractivity contribution in [3.8, 4) is 0 Å². The average molecular weight is 329 g/mol. The molecule has 124 valence electrons. The highest BCUT2D eigenvalue weighted by Gasteiger charge is 2.32. The van der Waals surface area contributed by atoms with Gasteiger partial charge in [0.1, 0.15) is 0 Å². The van der Waals surface area contributed by atoms with Gasteiger partial charge in [0.05, 0.1) is 5.56 Å². The molecule has 3 nitrogen and oxygen atoms in total. The number of benzene rings is 3. The summed E-state index contributed by atoms with van der Waals surface area (Å²) in [5.41, 5.74) is 3.96. The van der Waals surface area contributed by atoms with Crippen LogP contribution in [0, 0.1) is 0 Å². The molecule has 0 saturated heterocycles. The second kappa shape index (κ2) is 6.91. The molecule has 0 radical (unpaired) electrons. The van der Waals surface area contributed by atoms with Crippen LogP contribution in [0.1, 0.15) is 39.3 Å². The number of ether oxygens (including phenoxy) is 1. The van der Waals surface area contributed by atoms with E-state index in [-0.39, 0.29) is 12.0 Å². The zero-order valence-electron chi connectivity index (χ0n) is 13.8. The smallest absolute Gasteiger partial charge is 0.340 e. The molecule has 0 saturated carbocycles. The van der Waals surface area contributed by atoms with E-state index in [2.05, 4.69) is 29.6 Å². The third-order valence-electron chi connectivity index (χ3n) is 4.53. The Hall–Kier alpha value is -2.91. The first-order valence-corrected chi connectivity index (χ1v) is 8.46. The minimum absolute atomic E-state index is 0.0487. The highest BCUT2D eigenvalue weighted by Crippen LogP contribution is 2.31. The Morgan fingerprint density at radius 3 is 2.24 bits per heavy atom. The summed E-state index contributed by atoms with van der Waals surface area (Å²) in [5.74, 6) is -0.264. The minimum atomic E-state index is -0.419. The Bertz CT molecular complexity index is 861. The summed E-state index contributed by atoms with van der Waals surface area (Å²) in [6, 6.07) is 28.2. The molecule has 3 aromatic rings. The monoisotopic (exact) mass is 329 g/mol. The van der Waals surface area contributed by atoms with E-state index in [1.807, 2.05) is 60.7 Å². The minimum Gasteiger partial charge on any atom is -0.439 e. The molecular weight excluding hydrogens is 310 g/mol. The van der Waals surface area contributed by atoms with Crippen molar-refractivity contribution in [3.05, 3.63) is 107 Å². The number of hydrogen-bond acceptors (Lipinski definition) is 3. The predicted octanol–water partition coefficient (Wildman–Crippen LogP) is 4.43. The molecule has 0 bridgehead atoms. The van der Waals surface area contributed by atoms with Gasteiger partial charge < -0.3 is 4.74 Å². The van der Waals surface area contributed by atoms with Gasteiger partial charge in [-0.2, -0.15) is 0 Å². The highest BCUT2D eigenvalue weighted by atomic mass is 16.6. The molecule has 0 aromatic heterocycles. The molecule has 25 heavy (non-hydrogen) atoms. The van der Waals surface area contributed by atoms with Gasteiger partial charge in [-0.15, -0.1) is 0 Å². The van der Waals surface area contributed by atoms with E-state index in [0.717, 1.165) is 12.0 Å². The van der Waals surface area contributed by atoms with E-state index >= 15 is 0 Å². The molecule has 1 aliphatic heterocycles. The third kappa shape index (κ3) is 3.32. The lowest BCUT2D eigenvalue weighted by atomic mass is 9.98. The van der Waals surface area contributed by atoms with Gasteiger partial charge in [0.2, 0.25) is 0 Å². The zero-order valence-corrected chi connectivity index (χ0v) is 13.8. The van der Waals surface area contributed by atoms with E-state index in [9.17, 15) is 4.79 Å². The number of fused-ring (bicyclic) bond motifs is 1. The van der Waals surface area contributed by atoms with Gasteiger partial charge >= 0.3 is 5.97 Å². The van der Waals surface area contributed by atoms with Crippen molar-refractivity contribution in [1.29, 1.82) is 0 Å². The summed E-state index contributed by atoms with van der Waals surface area (Å²) in [6.45, 7) is 0. The number of carbonyl (C=O) groups is 1. The van der Waals surface area contributed by atoms with Crippen LogP contribution in [0.15, 0.2) is 84.9 Å². The summed E-state index contributed by atoms with van der Waals surface area (Å²) < 4.78 is 5.57. The number of cyclic esters (lactones) is 1. The Kier molecular flexibility index (Phi) is 4.32. The quantitative estimate of drug-likeness (QED) is 0.704. The maximum Gasteiger partial charge on any atom is 0.340 e. The lowest BCUT2D eigenvalue weighted by Gasteiger charge is -2.23. The van der Waals surface area contributed by atoms with Crippen molar-refractivity contribution in [2.75, 3.05) is 0 Å². The van der Waals surface area contributed by atoms with Crippen LogP contribution in [0.3, 0.4) is 0 Å². The molecule has 4 rings (SSSR count). The first-order chi connectivity index (χ1) is 12.3. The molecule has 0 fully saturated rings. The van der Waals surface area contributed by atoms with E-state index in [1.54, 1.807) is 0 Å². The Balaban J connectivity index is 1.62. The highest BCUT2D eigenvalue weighted by molar-refractivity contribution is 5.93. The number of carbonyl (C=O) groups excluding carboxylic acids is 1. The molecule has 3 aromatic carbocycles. The fourth-order valence-corrected chi connectivity index (χ4v) is 3.26. The van der Waals surface area contributed by atoms with E-state index in [4.69, 9.17) is 4.74 Å². The first kappa shape index (κ1) is 15.6. The molecule has 1 heterocycles. The van der Waals surface area contributed by atoms with Gasteiger partial charge in [0.15, 0.2) is 6.23 Å².